The van der Waals surface area contributed by atoms with Crippen molar-refractivity contribution in [1.82, 2.24) is 0 Å². The predicted molar refractivity (Wildman–Crippen MR) is 45.3 cm³/mol. The molecule has 90 valence electrons. The number of benzene rings is 1. The van der Waals surface area contributed by atoms with Gasteiger partial charge in [0.25, 0.3) is 0 Å². The Balaban J connectivity index is 3.01. The summed E-state index contributed by atoms with van der Waals surface area (Å²) in [6, 6.07) is -0.0511. The van der Waals surface area contributed by atoms with E-state index >= 15 is 0 Å². The fourth-order valence-electron chi connectivity index (χ4n) is 1.15. The van der Waals surface area contributed by atoms with Crippen LogP contribution in [0.5, 0.6) is 0 Å². The standard InChI is InChI=1S/C9H8F5NO/c10-4-1-2-5(6(11)3-4)7(15)8(16)9(12,13)14/h1-3,7-8,16H,15H2/t7-,8-/m1/s1. The van der Waals surface area contributed by atoms with Crippen LogP contribution in [0.2, 0.25) is 0 Å². The molecular formula is C9H8F5NO. The molecule has 0 aromatic heterocycles. The Hall–Kier alpha value is -1.21. The molecule has 1 aromatic rings. The van der Waals surface area contributed by atoms with Gasteiger partial charge < -0.3 is 10.8 Å². The summed E-state index contributed by atoms with van der Waals surface area (Å²) in [5.74, 6) is -2.16. The third-order valence-corrected chi connectivity index (χ3v) is 2.00. The van der Waals surface area contributed by atoms with Crippen LogP contribution in [0.15, 0.2) is 18.2 Å². The first-order valence-electron chi connectivity index (χ1n) is 4.19. The minimum Gasteiger partial charge on any atom is -0.382 e. The van der Waals surface area contributed by atoms with Crippen LogP contribution in [0.3, 0.4) is 0 Å². The molecule has 1 rings (SSSR count). The van der Waals surface area contributed by atoms with Gasteiger partial charge in [0.1, 0.15) is 11.6 Å². The zero-order chi connectivity index (χ0) is 12.5. The van der Waals surface area contributed by atoms with Crippen molar-refractivity contribution >= 4 is 0 Å². The molecule has 0 radical (unpaired) electrons. The lowest BCUT2D eigenvalue weighted by atomic mass is 10.0. The Labute approximate surface area is 87.5 Å². The number of alkyl halides is 3. The van der Waals surface area contributed by atoms with E-state index < -0.39 is 35.5 Å². The van der Waals surface area contributed by atoms with Gasteiger partial charge in [-0.1, -0.05) is 6.07 Å². The molecule has 0 aliphatic heterocycles. The summed E-state index contributed by atoms with van der Waals surface area (Å²) in [4.78, 5) is 0. The van der Waals surface area contributed by atoms with E-state index in [1.807, 2.05) is 0 Å². The van der Waals surface area contributed by atoms with Gasteiger partial charge in [-0.05, 0) is 6.07 Å². The number of hydrogen-bond acceptors (Lipinski definition) is 2. The number of nitrogens with two attached hydrogens (primary N) is 1. The van der Waals surface area contributed by atoms with E-state index in [9.17, 15) is 22.0 Å². The van der Waals surface area contributed by atoms with Crippen LogP contribution in [-0.4, -0.2) is 17.4 Å². The predicted octanol–water partition coefficient (Wildman–Crippen LogP) is 1.89. The van der Waals surface area contributed by atoms with Gasteiger partial charge in [0, 0.05) is 11.6 Å². The lowest BCUT2D eigenvalue weighted by molar-refractivity contribution is -0.210. The van der Waals surface area contributed by atoms with E-state index in [1.165, 1.54) is 0 Å². The minimum absolute atomic E-state index is 0.401. The van der Waals surface area contributed by atoms with Crippen LogP contribution in [0.4, 0.5) is 22.0 Å². The molecule has 2 atom stereocenters. The molecule has 0 aliphatic carbocycles. The molecule has 0 fully saturated rings. The Morgan fingerprint density at radius 3 is 2.19 bits per heavy atom. The van der Waals surface area contributed by atoms with Crippen molar-refractivity contribution in [2.45, 2.75) is 18.3 Å². The summed E-state index contributed by atoms with van der Waals surface area (Å²) in [6.07, 6.45) is -7.85. The van der Waals surface area contributed by atoms with E-state index in [1.54, 1.807) is 0 Å². The highest BCUT2D eigenvalue weighted by atomic mass is 19.4. The molecule has 7 heteroatoms. The van der Waals surface area contributed by atoms with Gasteiger partial charge in [-0.2, -0.15) is 13.2 Å². The van der Waals surface area contributed by atoms with Crippen molar-refractivity contribution in [2.24, 2.45) is 5.73 Å². The minimum atomic E-state index is -4.96. The number of aliphatic hydroxyl groups excluding tert-OH is 1. The second-order valence-corrected chi connectivity index (χ2v) is 3.18. The van der Waals surface area contributed by atoms with E-state index in [4.69, 9.17) is 10.8 Å². The molecule has 0 spiro atoms. The summed E-state index contributed by atoms with van der Waals surface area (Å²) in [5.41, 5.74) is 4.45. The largest absolute Gasteiger partial charge is 0.416 e. The van der Waals surface area contributed by atoms with Crippen molar-refractivity contribution in [3.05, 3.63) is 35.4 Å². The SMILES string of the molecule is N[C@H](c1ccc(F)cc1F)[C@@H](O)C(F)(F)F. The van der Waals surface area contributed by atoms with Crippen LogP contribution in [0.1, 0.15) is 11.6 Å². The van der Waals surface area contributed by atoms with Gasteiger partial charge in [0.15, 0.2) is 6.10 Å². The molecule has 0 saturated carbocycles. The maximum Gasteiger partial charge on any atom is 0.416 e. The van der Waals surface area contributed by atoms with Gasteiger partial charge in [-0.3, -0.25) is 0 Å². The maximum atomic E-state index is 13.1. The Bertz CT molecular complexity index is 379. The third kappa shape index (κ3) is 2.67. The summed E-state index contributed by atoms with van der Waals surface area (Å²) >= 11 is 0. The van der Waals surface area contributed by atoms with Crippen LogP contribution in [0, 0.1) is 11.6 Å². The first kappa shape index (κ1) is 12.9. The molecule has 2 nitrogen and oxygen atoms in total. The highest BCUT2D eigenvalue weighted by Gasteiger charge is 2.43. The monoisotopic (exact) mass is 241 g/mol. The Morgan fingerprint density at radius 1 is 1.19 bits per heavy atom. The van der Waals surface area contributed by atoms with Crippen molar-refractivity contribution in [2.75, 3.05) is 0 Å². The van der Waals surface area contributed by atoms with Gasteiger partial charge in [0.2, 0.25) is 0 Å². The molecule has 0 amide bonds. The van der Waals surface area contributed by atoms with E-state index in [2.05, 4.69) is 0 Å². The Morgan fingerprint density at radius 2 is 1.75 bits per heavy atom. The lowest BCUT2D eigenvalue weighted by Crippen LogP contribution is -2.39. The van der Waals surface area contributed by atoms with E-state index in [0.717, 1.165) is 12.1 Å². The fourth-order valence-corrected chi connectivity index (χ4v) is 1.15. The highest BCUT2D eigenvalue weighted by Crippen LogP contribution is 2.29. The maximum absolute atomic E-state index is 13.1. The van der Waals surface area contributed by atoms with Crippen LogP contribution in [-0.2, 0) is 0 Å². The molecule has 0 heterocycles. The number of aliphatic hydroxyl groups is 1. The average Bonchev–Trinajstić information content (AvgIpc) is 2.14. The molecular weight excluding hydrogens is 233 g/mol. The van der Waals surface area contributed by atoms with Crippen molar-refractivity contribution in [3.8, 4) is 0 Å². The summed E-state index contributed by atoms with van der Waals surface area (Å²) < 4.78 is 61.7. The average molecular weight is 241 g/mol. The zero-order valence-electron chi connectivity index (χ0n) is 7.80. The molecule has 1 aromatic carbocycles. The second kappa shape index (κ2) is 4.34. The lowest BCUT2D eigenvalue weighted by Gasteiger charge is -2.21. The van der Waals surface area contributed by atoms with Gasteiger partial charge in [-0.25, -0.2) is 8.78 Å². The topological polar surface area (TPSA) is 46.2 Å². The van der Waals surface area contributed by atoms with Crippen molar-refractivity contribution in [3.63, 3.8) is 0 Å². The van der Waals surface area contributed by atoms with Gasteiger partial charge in [-0.15, -0.1) is 0 Å². The third-order valence-electron chi connectivity index (χ3n) is 2.00. The highest BCUT2D eigenvalue weighted by molar-refractivity contribution is 5.23. The van der Waals surface area contributed by atoms with Crippen LogP contribution in [0.25, 0.3) is 0 Å². The number of hydrogen-bond donors (Lipinski definition) is 2. The molecule has 16 heavy (non-hydrogen) atoms. The normalized spacial score (nSPS) is 15.9. The van der Waals surface area contributed by atoms with Crippen LogP contribution >= 0.6 is 0 Å². The molecule has 0 unspecified atom stereocenters. The molecule has 0 aliphatic rings. The van der Waals surface area contributed by atoms with Crippen molar-refractivity contribution in [1.29, 1.82) is 0 Å². The number of rotatable bonds is 2. The quantitative estimate of drug-likeness (QED) is 0.776. The summed E-state index contributed by atoms with van der Waals surface area (Å²) in [6.45, 7) is 0. The molecule has 0 bridgehead atoms. The van der Waals surface area contributed by atoms with E-state index in [0.29, 0.717) is 6.07 Å². The fraction of sp³-hybridized carbons (Fsp3) is 0.333. The first-order chi connectivity index (χ1) is 7.23. The molecule has 3 N–H and O–H groups in total. The smallest absolute Gasteiger partial charge is 0.382 e. The van der Waals surface area contributed by atoms with E-state index in [-0.39, 0.29) is 0 Å². The Kier molecular flexibility index (Phi) is 3.49. The zero-order valence-corrected chi connectivity index (χ0v) is 7.80. The second-order valence-electron chi connectivity index (χ2n) is 3.18. The summed E-state index contributed by atoms with van der Waals surface area (Å²) in [5, 5.41) is 8.79. The molecule has 0 saturated heterocycles. The van der Waals surface area contributed by atoms with Crippen LogP contribution < -0.4 is 5.73 Å². The number of halogens is 5. The van der Waals surface area contributed by atoms with Gasteiger partial charge >= 0.3 is 6.18 Å². The van der Waals surface area contributed by atoms with Crippen molar-refractivity contribution < 1.29 is 27.1 Å². The first-order valence-corrected chi connectivity index (χ1v) is 4.19. The van der Waals surface area contributed by atoms with Gasteiger partial charge in [0.05, 0.1) is 6.04 Å². The summed E-state index contributed by atoms with van der Waals surface area (Å²) in [7, 11) is 0.